The molecule has 1 fully saturated rings. The topological polar surface area (TPSA) is 75.4 Å². The number of nitrogens with two attached hydrogens (primary N) is 1. The maximum absolute atomic E-state index is 12.2. The minimum absolute atomic E-state index is 0. The zero-order valence-corrected chi connectivity index (χ0v) is 14.9. The van der Waals surface area contributed by atoms with Crippen molar-refractivity contribution in [1.82, 2.24) is 0 Å². The van der Waals surface area contributed by atoms with Crippen molar-refractivity contribution in [2.24, 2.45) is 11.7 Å². The normalized spacial score (nSPS) is 22.5. The molecule has 6 heteroatoms. The van der Waals surface area contributed by atoms with Crippen LogP contribution in [-0.2, 0) is 16.0 Å². The van der Waals surface area contributed by atoms with Crippen molar-refractivity contribution in [2.75, 3.05) is 16.8 Å². The lowest BCUT2D eigenvalue weighted by atomic mass is 9.99. The van der Waals surface area contributed by atoms with Crippen LogP contribution in [-0.4, -0.2) is 24.4 Å². The average Bonchev–Trinajstić information content (AvgIpc) is 2.91. The third kappa shape index (κ3) is 4.08. The Bertz CT molecular complexity index is 620. The van der Waals surface area contributed by atoms with Crippen LogP contribution in [0.3, 0.4) is 0 Å². The number of halogens is 1. The molecule has 5 nitrogen and oxygen atoms in total. The van der Waals surface area contributed by atoms with Gasteiger partial charge in [0, 0.05) is 37.3 Å². The van der Waals surface area contributed by atoms with Gasteiger partial charge in [-0.1, -0.05) is 6.42 Å². The molecule has 1 aromatic carbocycles. The quantitative estimate of drug-likeness (QED) is 0.879. The monoisotopic (exact) mass is 351 g/mol. The van der Waals surface area contributed by atoms with Gasteiger partial charge in [-0.3, -0.25) is 9.59 Å². The number of carbonyl (C=O) groups is 2. The summed E-state index contributed by atoms with van der Waals surface area (Å²) < 4.78 is 0. The number of fused-ring (bicyclic) bond motifs is 1. The number of hydrogen-bond acceptors (Lipinski definition) is 3. The molecule has 0 bridgehead atoms. The molecule has 3 rings (SSSR count). The fraction of sp³-hybridized carbons (Fsp3) is 0.556. The van der Waals surface area contributed by atoms with E-state index in [1.807, 2.05) is 23.1 Å². The standard InChI is InChI=1S/C18H25N3O2.ClH/c1-12(22)21-9-3-5-14-10-15(7-8-17(14)21)20-18(23)11-13-4-2-6-16(13)19;/h7-8,10,13,16H,2-6,9,11,19H2,1H3,(H,20,23);1H/t13-,16+;/m0./s1. The maximum Gasteiger partial charge on any atom is 0.224 e. The highest BCUT2D eigenvalue weighted by atomic mass is 35.5. The van der Waals surface area contributed by atoms with Gasteiger partial charge in [0.2, 0.25) is 11.8 Å². The van der Waals surface area contributed by atoms with Crippen molar-refractivity contribution in [3.8, 4) is 0 Å². The first-order valence-electron chi connectivity index (χ1n) is 8.51. The van der Waals surface area contributed by atoms with Crippen LogP contribution >= 0.6 is 12.4 Å². The number of hydrogen-bond donors (Lipinski definition) is 2. The lowest BCUT2D eigenvalue weighted by Gasteiger charge is -2.29. The van der Waals surface area contributed by atoms with Crippen molar-refractivity contribution in [3.05, 3.63) is 23.8 Å². The van der Waals surface area contributed by atoms with Crippen molar-refractivity contribution in [3.63, 3.8) is 0 Å². The van der Waals surface area contributed by atoms with Crippen LogP contribution < -0.4 is 16.0 Å². The van der Waals surface area contributed by atoms with E-state index in [9.17, 15) is 9.59 Å². The van der Waals surface area contributed by atoms with Crippen LogP contribution in [0.15, 0.2) is 18.2 Å². The largest absolute Gasteiger partial charge is 0.327 e. The molecule has 0 radical (unpaired) electrons. The molecular formula is C18H26ClN3O2. The summed E-state index contributed by atoms with van der Waals surface area (Å²) in [4.78, 5) is 25.7. The fourth-order valence-electron chi connectivity index (χ4n) is 3.77. The van der Waals surface area contributed by atoms with Gasteiger partial charge >= 0.3 is 0 Å². The van der Waals surface area contributed by atoms with E-state index in [0.717, 1.165) is 55.6 Å². The van der Waals surface area contributed by atoms with E-state index in [-0.39, 0.29) is 30.3 Å². The molecule has 2 amide bonds. The maximum atomic E-state index is 12.2. The number of aryl methyl sites for hydroxylation is 1. The molecule has 2 atom stereocenters. The first-order valence-corrected chi connectivity index (χ1v) is 8.51. The second-order valence-corrected chi connectivity index (χ2v) is 6.72. The van der Waals surface area contributed by atoms with Crippen LogP contribution in [0.2, 0.25) is 0 Å². The summed E-state index contributed by atoms with van der Waals surface area (Å²) in [6, 6.07) is 5.98. The summed E-state index contributed by atoms with van der Waals surface area (Å²) in [7, 11) is 0. The van der Waals surface area contributed by atoms with Gasteiger partial charge in [-0.2, -0.15) is 0 Å². The lowest BCUT2D eigenvalue weighted by Crippen LogP contribution is -2.33. The van der Waals surface area contributed by atoms with E-state index in [4.69, 9.17) is 5.73 Å². The molecule has 132 valence electrons. The number of amides is 2. The molecule has 0 spiro atoms. The Morgan fingerprint density at radius 2 is 2.08 bits per heavy atom. The van der Waals surface area contributed by atoms with Gasteiger partial charge in [0.15, 0.2) is 0 Å². The van der Waals surface area contributed by atoms with E-state index in [2.05, 4.69) is 5.32 Å². The summed E-state index contributed by atoms with van der Waals surface area (Å²) in [5.41, 5.74) is 8.95. The first-order chi connectivity index (χ1) is 11.0. The van der Waals surface area contributed by atoms with E-state index < -0.39 is 0 Å². The molecular weight excluding hydrogens is 326 g/mol. The van der Waals surface area contributed by atoms with E-state index in [0.29, 0.717) is 12.3 Å². The molecule has 3 N–H and O–H groups in total. The van der Waals surface area contributed by atoms with Gasteiger partial charge in [-0.05, 0) is 55.4 Å². The summed E-state index contributed by atoms with van der Waals surface area (Å²) >= 11 is 0. The van der Waals surface area contributed by atoms with Crippen LogP contribution in [0.25, 0.3) is 0 Å². The molecule has 0 aromatic heterocycles. The van der Waals surface area contributed by atoms with Gasteiger partial charge in [-0.25, -0.2) is 0 Å². The summed E-state index contributed by atoms with van der Waals surface area (Å²) in [6.07, 6.45) is 5.60. The minimum Gasteiger partial charge on any atom is -0.327 e. The molecule has 1 saturated carbocycles. The molecule has 1 aliphatic heterocycles. The lowest BCUT2D eigenvalue weighted by molar-refractivity contribution is -0.117. The Morgan fingerprint density at radius 1 is 1.29 bits per heavy atom. The average molecular weight is 352 g/mol. The summed E-state index contributed by atoms with van der Waals surface area (Å²) in [5, 5.41) is 2.99. The highest BCUT2D eigenvalue weighted by molar-refractivity contribution is 5.94. The third-order valence-corrected chi connectivity index (χ3v) is 5.03. The predicted molar refractivity (Wildman–Crippen MR) is 98.6 cm³/mol. The van der Waals surface area contributed by atoms with Gasteiger partial charge in [-0.15, -0.1) is 12.4 Å². The number of anilines is 2. The molecule has 24 heavy (non-hydrogen) atoms. The number of nitrogens with zero attached hydrogens (tertiary/aromatic N) is 1. The predicted octanol–water partition coefficient (Wildman–Crippen LogP) is 2.86. The van der Waals surface area contributed by atoms with Gasteiger partial charge in [0.25, 0.3) is 0 Å². The molecule has 0 saturated heterocycles. The Kier molecular flexibility index (Phi) is 6.24. The fourth-order valence-corrected chi connectivity index (χ4v) is 3.77. The number of carbonyl (C=O) groups excluding carboxylic acids is 2. The Balaban J connectivity index is 0.00000208. The second-order valence-electron chi connectivity index (χ2n) is 6.72. The molecule has 2 aliphatic rings. The first kappa shape index (κ1) is 18.7. The van der Waals surface area contributed by atoms with Gasteiger partial charge in [0.1, 0.15) is 0 Å². The van der Waals surface area contributed by atoms with E-state index in [1.165, 1.54) is 0 Å². The summed E-state index contributed by atoms with van der Waals surface area (Å²) in [6.45, 7) is 2.36. The van der Waals surface area contributed by atoms with Crippen molar-refractivity contribution < 1.29 is 9.59 Å². The molecule has 1 aliphatic carbocycles. The van der Waals surface area contributed by atoms with Crippen molar-refractivity contribution in [1.29, 1.82) is 0 Å². The van der Waals surface area contributed by atoms with Crippen LogP contribution in [0.5, 0.6) is 0 Å². The number of nitrogens with one attached hydrogen (secondary N) is 1. The Hall–Kier alpha value is -1.59. The van der Waals surface area contributed by atoms with Gasteiger partial charge in [0.05, 0.1) is 0 Å². The zero-order chi connectivity index (χ0) is 16.4. The van der Waals surface area contributed by atoms with Crippen LogP contribution in [0, 0.1) is 5.92 Å². The summed E-state index contributed by atoms with van der Waals surface area (Å²) in [5.74, 6) is 0.408. The number of rotatable bonds is 3. The SMILES string of the molecule is CC(=O)N1CCCc2cc(NC(=O)C[C@@H]3CCC[C@H]3N)ccc21.Cl. The second kappa shape index (κ2) is 7.99. The Morgan fingerprint density at radius 3 is 2.75 bits per heavy atom. The molecule has 1 aromatic rings. The van der Waals surface area contributed by atoms with Gasteiger partial charge < -0.3 is 16.0 Å². The highest BCUT2D eigenvalue weighted by Gasteiger charge is 2.26. The van der Waals surface area contributed by atoms with E-state index in [1.54, 1.807) is 6.92 Å². The zero-order valence-electron chi connectivity index (χ0n) is 14.1. The van der Waals surface area contributed by atoms with Crippen molar-refractivity contribution in [2.45, 2.75) is 51.5 Å². The third-order valence-electron chi connectivity index (χ3n) is 5.03. The van der Waals surface area contributed by atoms with Crippen molar-refractivity contribution >= 4 is 35.6 Å². The molecule has 1 heterocycles. The van der Waals surface area contributed by atoms with Crippen LogP contribution in [0.1, 0.15) is 44.6 Å². The van der Waals surface area contributed by atoms with Crippen LogP contribution in [0.4, 0.5) is 11.4 Å². The number of benzene rings is 1. The smallest absolute Gasteiger partial charge is 0.224 e. The molecule has 0 unspecified atom stereocenters. The Labute approximate surface area is 149 Å². The highest BCUT2D eigenvalue weighted by Crippen LogP contribution is 2.31. The van der Waals surface area contributed by atoms with E-state index >= 15 is 0 Å². The minimum atomic E-state index is 0.